The van der Waals surface area contributed by atoms with Crippen molar-refractivity contribution < 1.29 is 4.79 Å². The molecular weight excluding hydrogens is 372 g/mol. The summed E-state index contributed by atoms with van der Waals surface area (Å²) in [6.45, 7) is 0.848. The molecule has 0 spiro atoms. The van der Waals surface area contributed by atoms with E-state index in [1.54, 1.807) is 10.9 Å². The molecule has 1 aromatic carbocycles. The number of benzene rings is 1. The van der Waals surface area contributed by atoms with Crippen LogP contribution in [-0.2, 0) is 24.9 Å². The van der Waals surface area contributed by atoms with Crippen molar-refractivity contribution in [1.82, 2.24) is 18.9 Å². The predicted octanol–water partition coefficient (Wildman–Crippen LogP) is 1.08. The third-order valence-electron chi connectivity index (χ3n) is 5.14. The lowest BCUT2D eigenvalue weighted by atomic mass is 10.2. The van der Waals surface area contributed by atoms with Gasteiger partial charge in [-0.2, -0.15) is 5.10 Å². The maximum Gasteiger partial charge on any atom is 0.332 e. The van der Waals surface area contributed by atoms with Gasteiger partial charge in [0.1, 0.15) is 5.82 Å². The molecule has 1 aliphatic rings. The third-order valence-corrected chi connectivity index (χ3v) is 5.14. The fraction of sp³-hybridized carbons (Fsp3) is 0.300. The summed E-state index contributed by atoms with van der Waals surface area (Å²) in [4.78, 5) is 38.6. The van der Waals surface area contributed by atoms with Crippen molar-refractivity contribution in [1.29, 1.82) is 0 Å². The normalized spacial score (nSPS) is 13.4. The molecule has 1 amide bonds. The summed E-state index contributed by atoms with van der Waals surface area (Å²) < 4.78 is 4.03. The van der Waals surface area contributed by atoms with E-state index < -0.39 is 11.2 Å². The van der Waals surface area contributed by atoms with E-state index in [9.17, 15) is 14.4 Å². The first-order chi connectivity index (χ1) is 14.0. The first-order valence-corrected chi connectivity index (χ1v) is 9.39. The smallest absolute Gasteiger partial charge is 0.332 e. The van der Waals surface area contributed by atoms with E-state index >= 15 is 0 Å². The van der Waals surface area contributed by atoms with Gasteiger partial charge in [-0.25, -0.2) is 4.79 Å². The van der Waals surface area contributed by atoms with Gasteiger partial charge in [0.05, 0.1) is 18.4 Å². The van der Waals surface area contributed by atoms with Crippen molar-refractivity contribution >= 4 is 23.6 Å². The number of carbonyl (C=O) groups excluding carboxylic acids is 1. The number of hydrogen-bond acceptors (Lipinski definition) is 5. The average molecular weight is 394 g/mol. The number of hydrogen-bond donors (Lipinski definition) is 1. The first kappa shape index (κ1) is 18.7. The number of nitrogens with zero attached hydrogens (tertiary/aromatic N) is 5. The molecule has 2 aromatic heterocycles. The Morgan fingerprint density at radius 1 is 1.24 bits per heavy atom. The second-order valence-electron chi connectivity index (χ2n) is 7.29. The predicted molar refractivity (Wildman–Crippen MR) is 109 cm³/mol. The number of carbonyl (C=O) groups is 1. The summed E-state index contributed by atoms with van der Waals surface area (Å²) in [6.07, 6.45) is 5.64. The van der Waals surface area contributed by atoms with Crippen molar-refractivity contribution in [2.75, 3.05) is 10.6 Å². The molecule has 2 N–H and O–H groups in total. The highest BCUT2D eigenvalue weighted by molar-refractivity contribution is 5.89. The van der Waals surface area contributed by atoms with E-state index in [-0.39, 0.29) is 11.5 Å². The minimum absolute atomic E-state index is 0.0398. The van der Waals surface area contributed by atoms with E-state index in [1.165, 1.54) is 17.8 Å². The second-order valence-corrected chi connectivity index (χ2v) is 7.29. The van der Waals surface area contributed by atoms with Gasteiger partial charge in [0.15, 0.2) is 5.69 Å². The molecule has 9 heteroatoms. The van der Waals surface area contributed by atoms with E-state index in [2.05, 4.69) is 5.10 Å². The zero-order valence-electron chi connectivity index (χ0n) is 16.1. The van der Waals surface area contributed by atoms with Crippen LogP contribution in [0.15, 0.2) is 52.3 Å². The summed E-state index contributed by atoms with van der Waals surface area (Å²) in [6, 6.07) is 9.75. The lowest BCUT2D eigenvalue weighted by Gasteiger charge is -2.20. The van der Waals surface area contributed by atoms with Crippen LogP contribution in [0.3, 0.4) is 0 Å². The number of amides is 1. The molecule has 29 heavy (non-hydrogen) atoms. The Bertz CT molecular complexity index is 1160. The Morgan fingerprint density at radius 2 is 1.97 bits per heavy atom. The van der Waals surface area contributed by atoms with Gasteiger partial charge >= 0.3 is 5.69 Å². The largest absolute Gasteiger partial charge is 0.383 e. The summed E-state index contributed by atoms with van der Waals surface area (Å²) in [5, 5.41) is 4.28. The van der Waals surface area contributed by atoms with Gasteiger partial charge < -0.3 is 5.73 Å². The van der Waals surface area contributed by atoms with Crippen molar-refractivity contribution in [2.45, 2.75) is 25.9 Å². The molecule has 0 unspecified atom stereocenters. The van der Waals surface area contributed by atoms with Crippen molar-refractivity contribution in [3.05, 3.63) is 69.1 Å². The van der Waals surface area contributed by atoms with Gasteiger partial charge in [-0.3, -0.25) is 28.3 Å². The van der Waals surface area contributed by atoms with Crippen LogP contribution in [0.2, 0.25) is 0 Å². The monoisotopic (exact) mass is 394 g/mol. The summed E-state index contributed by atoms with van der Waals surface area (Å²) >= 11 is 0. The zero-order valence-corrected chi connectivity index (χ0v) is 16.1. The number of anilines is 3. The van der Waals surface area contributed by atoms with Crippen LogP contribution in [0.4, 0.5) is 17.2 Å². The van der Waals surface area contributed by atoms with Crippen molar-refractivity contribution in [2.24, 2.45) is 13.0 Å². The fourth-order valence-corrected chi connectivity index (χ4v) is 3.29. The van der Waals surface area contributed by atoms with Crippen LogP contribution in [0.25, 0.3) is 0 Å². The van der Waals surface area contributed by atoms with E-state index in [0.29, 0.717) is 31.1 Å². The van der Waals surface area contributed by atoms with E-state index in [4.69, 9.17) is 5.73 Å². The molecular formula is C20H22N6O3. The number of rotatable bonds is 7. The van der Waals surface area contributed by atoms with Crippen LogP contribution < -0.4 is 21.9 Å². The van der Waals surface area contributed by atoms with Gasteiger partial charge in [-0.1, -0.05) is 30.3 Å². The molecule has 9 nitrogen and oxygen atoms in total. The Kier molecular flexibility index (Phi) is 4.79. The third kappa shape index (κ3) is 3.58. The molecule has 0 bridgehead atoms. The molecule has 0 atom stereocenters. The summed E-state index contributed by atoms with van der Waals surface area (Å²) in [5.74, 6) is 0.255. The Hall–Kier alpha value is -3.62. The first-order valence-electron chi connectivity index (χ1n) is 9.39. The van der Waals surface area contributed by atoms with Crippen LogP contribution in [0, 0.1) is 5.92 Å². The SMILES string of the molecule is Cn1c(N)c(N(C=O)c2cnn(Cc3ccccc3)c2)c(=O)n(CC2CC2)c1=O. The maximum absolute atomic E-state index is 13.0. The Morgan fingerprint density at radius 3 is 2.62 bits per heavy atom. The van der Waals surface area contributed by atoms with Gasteiger partial charge in [0.2, 0.25) is 6.41 Å². The summed E-state index contributed by atoms with van der Waals surface area (Å²) in [5.41, 5.74) is 6.43. The zero-order chi connectivity index (χ0) is 20.5. The van der Waals surface area contributed by atoms with Gasteiger partial charge in [0, 0.05) is 19.8 Å². The average Bonchev–Trinajstić information content (AvgIpc) is 3.44. The lowest BCUT2D eigenvalue weighted by molar-refractivity contribution is -0.106. The summed E-state index contributed by atoms with van der Waals surface area (Å²) in [7, 11) is 1.49. The second kappa shape index (κ2) is 7.42. The highest BCUT2D eigenvalue weighted by Gasteiger charge is 2.27. The molecule has 1 fully saturated rings. The lowest BCUT2D eigenvalue weighted by Crippen LogP contribution is -2.43. The molecule has 0 saturated heterocycles. The molecule has 3 aromatic rings. The number of nitrogens with two attached hydrogens (primary N) is 1. The van der Waals surface area contributed by atoms with E-state index in [1.807, 2.05) is 30.3 Å². The molecule has 1 aliphatic carbocycles. The molecule has 0 radical (unpaired) electrons. The highest BCUT2D eigenvalue weighted by Crippen LogP contribution is 2.30. The van der Waals surface area contributed by atoms with Crippen LogP contribution in [0.1, 0.15) is 18.4 Å². The van der Waals surface area contributed by atoms with Crippen molar-refractivity contribution in [3.8, 4) is 0 Å². The van der Waals surface area contributed by atoms with Crippen molar-refractivity contribution in [3.63, 3.8) is 0 Å². The quantitative estimate of drug-likeness (QED) is 0.603. The van der Waals surface area contributed by atoms with Crippen LogP contribution in [-0.4, -0.2) is 25.3 Å². The highest BCUT2D eigenvalue weighted by atomic mass is 16.2. The molecule has 150 valence electrons. The van der Waals surface area contributed by atoms with Gasteiger partial charge in [-0.15, -0.1) is 0 Å². The molecule has 0 aliphatic heterocycles. The van der Waals surface area contributed by atoms with E-state index in [0.717, 1.165) is 27.9 Å². The van der Waals surface area contributed by atoms with Gasteiger partial charge in [-0.05, 0) is 24.3 Å². The fourth-order valence-electron chi connectivity index (χ4n) is 3.29. The Labute approximate surface area is 166 Å². The topological polar surface area (TPSA) is 108 Å². The standard InChI is InChI=1S/C20H22N6O3/c1-23-18(21)17(19(28)25(20(23)29)11-15-7-8-15)26(13-27)16-9-22-24(12-16)10-14-5-3-2-4-6-14/h2-6,9,12-13,15H,7-8,10-11,21H2,1H3. The Balaban J connectivity index is 1.73. The van der Waals surface area contributed by atoms with Crippen LogP contribution in [0.5, 0.6) is 0 Å². The molecule has 4 rings (SSSR count). The minimum Gasteiger partial charge on any atom is -0.383 e. The molecule has 1 saturated carbocycles. The number of aromatic nitrogens is 4. The minimum atomic E-state index is -0.569. The maximum atomic E-state index is 13.0. The molecule has 2 heterocycles. The van der Waals surface area contributed by atoms with Gasteiger partial charge in [0.25, 0.3) is 5.56 Å². The van der Waals surface area contributed by atoms with Crippen LogP contribution >= 0.6 is 0 Å². The number of nitrogen functional groups attached to an aromatic ring is 1.